The van der Waals surface area contributed by atoms with Crippen LogP contribution in [0.2, 0.25) is 0 Å². The van der Waals surface area contributed by atoms with Crippen molar-refractivity contribution >= 4 is 0 Å². The van der Waals surface area contributed by atoms with Gasteiger partial charge in [0.1, 0.15) is 140 Å². The molecule has 34 nitrogen and oxygen atoms in total. The first-order valence-corrected chi connectivity index (χ1v) is 34.0. The van der Waals surface area contributed by atoms with Crippen molar-refractivity contribution < 1.29 is 168 Å². The highest BCUT2D eigenvalue weighted by Gasteiger charge is 2.69. The molecule has 0 aromatic carbocycles. The number of aliphatic hydroxyl groups is 20. The minimum absolute atomic E-state index is 0.0108. The van der Waals surface area contributed by atoms with E-state index in [4.69, 9.17) is 66.3 Å². The Labute approximate surface area is 559 Å². The average molecular weight is 1410 g/mol. The Morgan fingerprint density at radius 3 is 1.67 bits per heavy atom. The van der Waals surface area contributed by atoms with Crippen molar-refractivity contribution in [2.75, 3.05) is 53.4 Å². The van der Waals surface area contributed by atoms with Gasteiger partial charge in [-0.1, -0.05) is 39.3 Å². The molecule has 7 saturated heterocycles. The molecule has 7 heterocycles. The molecule has 10 fully saturated rings. The third kappa shape index (κ3) is 14.2. The summed E-state index contributed by atoms with van der Waals surface area (Å²) in [6, 6.07) is 0. The molecule has 0 aromatic rings. The molecular weight excluding hydrogens is 1300 g/mol. The smallest absolute Gasteiger partial charge is 0.187 e. The van der Waals surface area contributed by atoms with Gasteiger partial charge in [-0.3, -0.25) is 0 Å². The van der Waals surface area contributed by atoms with Crippen molar-refractivity contribution in [1.82, 2.24) is 0 Å². The second-order valence-electron chi connectivity index (χ2n) is 29.3. The van der Waals surface area contributed by atoms with Crippen LogP contribution in [0.5, 0.6) is 0 Å². The highest BCUT2D eigenvalue weighted by molar-refractivity contribution is 5.28. The van der Waals surface area contributed by atoms with Crippen molar-refractivity contribution in [3.05, 3.63) is 11.6 Å². The van der Waals surface area contributed by atoms with E-state index in [1.807, 2.05) is 6.92 Å². The Morgan fingerprint density at radius 1 is 0.526 bits per heavy atom. The van der Waals surface area contributed by atoms with Gasteiger partial charge in [0.05, 0.1) is 64.6 Å². The van der Waals surface area contributed by atoms with Crippen LogP contribution in [0, 0.1) is 46.3 Å². The molecule has 11 rings (SSSR count). The number of methoxy groups -OCH3 is 1. The van der Waals surface area contributed by atoms with E-state index in [-0.39, 0.29) is 66.5 Å². The quantitative estimate of drug-likeness (QED) is 0.0448. The molecular formula is C63H104O34. The Kier molecular flexibility index (Phi) is 24.3. The van der Waals surface area contributed by atoms with Crippen LogP contribution in [0.3, 0.4) is 0 Å². The van der Waals surface area contributed by atoms with Crippen molar-refractivity contribution in [2.45, 2.75) is 281 Å². The van der Waals surface area contributed by atoms with E-state index in [1.54, 1.807) is 7.11 Å². The van der Waals surface area contributed by atoms with Gasteiger partial charge >= 0.3 is 0 Å². The van der Waals surface area contributed by atoms with Gasteiger partial charge in [-0.2, -0.15) is 0 Å². The van der Waals surface area contributed by atoms with E-state index in [0.29, 0.717) is 12.8 Å². The second kappa shape index (κ2) is 30.8. The zero-order valence-corrected chi connectivity index (χ0v) is 54.8. The van der Waals surface area contributed by atoms with Gasteiger partial charge in [-0.25, -0.2) is 0 Å². The lowest BCUT2D eigenvalue weighted by Crippen LogP contribution is -2.69. The fourth-order valence-corrected chi connectivity index (χ4v) is 18.1. The normalized spacial score (nSPS) is 54.3. The highest BCUT2D eigenvalue weighted by atomic mass is 16.8. The summed E-state index contributed by atoms with van der Waals surface area (Å²) in [5.41, 5.74) is 0.482. The first-order chi connectivity index (χ1) is 46.0. The van der Waals surface area contributed by atoms with E-state index in [0.717, 1.165) is 31.3 Å². The van der Waals surface area contributed by atoms with Crippen LogP contribution < -0.4 is 0 Å². The summed E-state index contributed by atoms with van der Waals surface area (Å²) >= 11 is 0. The lowest BCUT2D eigenvalue weighted by Gasteiger charge is -2.59. The van der Waals surface area contributed by atoms with E-state index < -0.39 is 241 Å². The van der Waals surface area contributed by atoms with Crippen LogP contribution in [0.25, 0.3) is 0 Å². The molecule has 0 amide bonds. The predicted octanol–water partition coefficient (Wildman–Crippen LogP) is -8.12. The SMILES string of the molecule is CO[C@]1(CC[C@@H](C)CO[C@@H]2O[C@H](CO)[C@@H](O)[C@H](O)[C@H]2O)O[C@H]2C[C@H]3[C@@H]4CC=C5C[C@@H](O[C@@H]6O[C@H](CO)[C@H](O[C@@H]7O[C@H](CO)[C@@H](O)[C@H](O[C@@H]8OC[C@@H](O)[C@H](O)[C@H]8O)[C@H]7O[C@@H]7O[C@H](CO)[C@@H](O)[C@H](O[C@@H]8O[C@H](CO)[C@@H](O)[C@H](O)[C@H]8O)[C@H]7O)[C@H](O)[C@H]6O)[C@H](O)C[C@]5(C)[C@H]4CC[C@]3(C)[C@H]2[C@@H]1C. The van der Waals surface area contributed by atoms with Crippen molar-refractivity contribution in [3.63, 3.8) is 0 Å². The van der Waals surface area contributed by atoms with Gasteiger partial charge in [0.25, 0.3) is 0 Å². The van der Waals surface area contributed by atoms with Gasteiger partial charge in [-0.15, -0.1) is 0 Å². The molecule has 3 saturated carbocycles. The summed E-state index contributed by atoms with van der Waals surface area (Å²) in [5.74, 6) is -0.0359. The lowest BCUT2D eigenvalue weighted by molar-refractivity contribution is -0.409. The summed E-state index contributed by atoms with van der Waals surface area (Å²) < 4.78 is 84.3. The lowest BCUT2D eigenvalue weighted by atomic mass is 9.46. The highest BCUT2D eigenvalue weighted by Crippen LogP contribution is 2.70. The Bertz CT molecular complexity index is 2580. The van der Waals surface area contributed by atoms with Gasteiger partial charge in [-0.05, 0) is 85.4 Å². The number of allylic oxidation sites excluding steroid dienone is 1. The summed E-state index contributed by atoms with van der Waals surface area (Å²) in [5, 5.41) is 217. The average Bonchev–Trinajstić information content (AvgIpc) is 1.57. The van der Waals surface area contributed by atoms with Crippen LogP contribution in [0.4, 0.5) is 0 Å². The van der Waals surface area contributed by atoms with Crippen LogP contribution in [-0.2, 0) is 66.3 Å². The number of hydrogen-bond donors (Lipinski definition) is 20. The van der Waals surface area contributed by atoms with E-state index in [2.05, 4.69) is 26.8 Å². The third-order valence-corrected chi connectivity index (χ3v) is 23.7. The molecule has 11 aliphatic rings. The molecule has 7 aliphatic heterocycles. The second-order valence-corrected chi connectivity index (χ2v) is 29.3. The fraction of sp³-hybridized carbons (Fsp3) is 0.968. The molecule has 0 unspecified atom stereocenters. The van der Waals surface area contributed by atoms with Gasteiger partial charge in [0.15, 0.2) is 43.5 Å². The minimum atomic E-state index is -2.23. The number of hydrogen-bond acceptors (Lipinski definition) is 34. The maximum Gasteiger partial charge on any atom is 0.187 e. The Morgan fingerprint density at radius 2 is 1.04 bits per heavy atom. The first kappa shape index (κ1) is 76.5. The predicted molar refractivity (Wildman–Crippen MR) is 317 cm³/mol. The molecule has 34 heteroatoms. The largest absolute Gasteiger partial charge is 0.394 e. The van der Waals surface area contributed by atoms with E-state index >= 15 is 0 Å². The van der Waals surface area contributed by atoms with Crippen LogP contribution in [0.1, 0.15) is 79.1 Å². The summed E-state index contributed by atoms with van der Waals surface area (Å²) in [4.78, 5) is 0. The van der Waals surface area contributed by atoms with Gasteiger partial charge in [0, 0.05) is 19.4 Å². The van der Waals surface area contributed by atoms with Crippen LogP contribution in [-0.4, -0.2) is 358 Å². The zero-order chi connectivity index (χ0) is 70.2. The fourth-order valence-electron chi connectivity index (χ4n) is 18.1. The van der Waals surface area contributed by atoms with Gasteiger partial charge in [0.2, 0.25) is 0 Å². The molecule has 97 heavy (non-hydrogen) atoms. The standard InChI is InChI=1S/C63H104O34/c1-22(20-85-55-47(80)43(76)39(72)32(15-64)88-55)8-11-63(84-5)23(2)37-31(97-63)13-27-25-7-6-24-12-30(28(69)14-62(24,4)26(25)9-10-61(27,37)3)87-57-49(82)45(78)51(36(19-68)92-57)93-60-54(53(42(75)35(18-67)91-60)95-56-46(79)38(71)29(70)21-86-56)96-59-50(83)52(41(74)34(17-66)90-59)94-58-48(81)44(77)40(73)33(16-65)89-58/h6,22-23,25-60,64-83H,7-21H2,1-5H3/t22-,23+,25-,26+,27+,28-,29-,30-,31+,32-,33-,34-,35-,36-,37+,38+,39-,40-,41-,42-,43+,44+,45-,46-,47-,48-,49-,50-,51+,52+,53+,54-,55-,56+,57-,58+,59+,60+,61+,62+,63-/m1/s1. The van der Waals surface area contributed by atoms with E-state index in [9.17, 15) is 102 Å². The molecule has 41 atom stereocenters. The third-order valence-electron chi connectivity index (χ3n) is 23.7. The number of rotatable bonds is 22. The van der Waals surface area contributed by atoms with Crippen molar-refractivity contribution in [3.8, 4) is 0 Å². The number of fused-ring (bicyclic) bond motifs is 7. The summed E-state index contributed by atoms with van der Waals surface area (Å²) in [6.45, 7) is 3.87. The molecule has 4 aliphatic carbocycles. The molecule has 0 spiro atoms. The van der Waals surface area contributed by atoms with Crippen molar-refractivity contribution in [2.24, 2.45) is 46.3 Å². The topological polar surface area (TPSA) is 534 Å². The first-order valence-electron chi connectivity index (χ1n) is 34.0. The number of ether oxygens (including phenoxy) is 14. The Hall–Kier alpha value is -1.62. The minimum Gasteiger partial charge on any atom is -0.394 e. The zero-order valence-electron chi connectivity index (χ0n) is 54.8. The van der Waals surface area contributed by atoms with Gasteiger partial charge < -0.3 is 168 Å². The maximum absolute atomic E-state index is 12.1. The van der Waals surface area contributed by atoms with E-state index in [1.165, 1.54) is 0 Å². The van der Waals surface area contributed by atoms with Crippen LogP contribution >= 0.6 is 0 Å². The molecule has 0 aromatic heterocycles. The molecule has 20 N–H and O–H groups in total. The molecule has 0 radical (unpaired) electrons. The molecule has 560 valence electrons. The maximum atomic E-state index is 12.1. The van der Waals surface area contributed by atoms with Crippen LogP contribution in [0.15, 0.2) is 11.6 Å². The summed E-state index contributed by atoms with van der Waals surface area (Å²) in [6.07, 6.45) is -47.7. The van der Waals surface area contributed by atoms with Crippen molar-refractivity contribution in [1.29, 1.82) is 0 Å². The molecule has 0 bridgehead atoms. The monoisotopic (exact) mass is 1400 g/mol. The Balaban J connectivity index is 0.758. The summed E-state index contributed by atoms with van der Waals surface area (Å²) in [7, 11) is 1.67. The number of aliphatic hydroxyl groups excluding tert-OH is 20.